The Hall–Kier alpha value is -2.90. The SMILES string of the molecule is C=C(C)C(C)OC(=O)c1cc(OC)cc2c(C)cccc12.O=CNCCN1CCCC(O)C1. The van der Waals surface area contributed by atoms with Crippen LogP contribution in [-0.4, -0.2) is 67.9 Å². The van der Waals surface area contributed by atoms with Crippen LogP contribution in [0, 0.1) is 6.92 Å². The number of rotatable bonds is 8. The van der Waals surface area contributed by atoms with Gasteiger partial charge in [0.05, 0.1) is 18.8 Å². The van der Waals surface area contributed by atoms with Crippen molar-refractivity contribution in [1.82, 2.24) is 10.2 Å². The number of β-amino-alcohol motifs (C(OH)–C–C–N with tert-alkyl or cyclic N) is 1. The van der Waals surface area contributed by atoms with Crippen molar-refractivity contribution in [1.29, 1.82) is 0 Å². The fourth-order valence-electron chi connectivity index (χ4n) is 3.64. The Labute approximate surface area is 196 Å². The number of fused-ring (bicyclic) bond motifs is 1. The molecule has 7 nitrogen and oxygen atoms in total. The van der Waals surface area contributed by atoms with Gasteiger partial charge >= 0.3 is 5.97 Å². The van der Waals surface area contributed by atoms with Crippen LogP contribution in [0.3, 0.4) is 0 Å². The lowest BCUT2D eigenvalue weighted by Gasteiger charge is -2.29. The predicted molar refractivity (Wildman–Crippen MR) is 131 cm³/mol. The summed E-state index contributed by atoms with van der Waals surface area (Å²) in [6, 6.07) is 9.51. The number of nitrogens with one attached hydrogen (secondary N) is 1. The molecule has 0 radical (unpaired) electrons. The van der Waals surface area contributed by atoms with Crippen molar-refractivity contribution in [2.75, 3.05) is 33.3 Å². The van der Waals surface area contributed by atoms with E-state index in [-0.39, 0.29) is 18.2 Å². The summed E-state index contributed by atoms with van der Waals surface area (Å²) in [7, 11) is 1.59. The molecule has 0 saturated carbocycles. The van der Waals surface area contributed by atoms with Crippen LogP contribution >= 0.6 is 0 Å². The lowest BCUT2D eigenvalue weighted by Crippen LogP contribution is -2.41. The monoisotopic (exact) mass is 456 g/mol. The summed E-state index contributed by atoms with van der Waals surface area (Å²) >= 11 is 0. The van der Waals surface area contributed by atoms with Crippen LogP contribution in [0.5, 0.6) is 5.75 Å². The molecule has 1 heterocycles. The summed E-state index contributed by atoms with van der Waals surface area (Å²) in [6.45, 7) is 12.8. The van der Waals surface area contributed by atoms with E-state index in [4.69, 9.17) is 9.47 Å². The molecule has 0 spiro atoms. The first kappa shape index (κ1) is 26.4. The van der Waals surface area contributed by atoms with E-state index in [9.17, 15) is 14.7 Å². The standard InChI is InChI=1S/C18H20O3.C8H16N2O2/c1-11(2)13(4)21-18(19)17-10-14(20-5)9-16-12(3)7-6-8-15(16)17;11-7-9-3-5-10-4-1-2-8(12)6-10/h6-10,13H,1H2,2-5H3;7-8,12H,1-6H2,(H,9,11). The second-order valence-electron chi connectivity index (χ2n) is 8.41. The molecule has 1 fully saturated rings. The maximum Gasteiger partial charge on any atom is 0.339 e. The first-order valence-corrected chi connectivity index (χ1v) is 11.3. The van der Waals surface area contributed by atoms with Gasteiger partial charge in [0, 0.05) is 19.6 Å². The molecule has 7 heteroatoms. The van der Waals surface area contributed by atoms with Gasteiger partial charge in [-0.15, -0.1) is 0 Å². The van der Waals surface area contributed by atoms with E-state index in [1.165, 1.54) is 0 Å². The van der Waals surface area contributed by atoms with Gasteiger partial charge in [0.2, 0.25) is 6.41 Å². The van der Waals surface area contributed by atoms with Crippen molar-refractivity contribution in [3.05, 3.63) is 53.6 Å². The summed E-state index contributed by atoms with van der Waals surface area (Å²) in [5, 5.41) is 13.8. The Morgan fingerprint density at radius 3 is 2.76 bits per heavy atom. The molecular weight excluding hydrogens is 420 g/mol. The molecule has 0 bridgehead atoms. The van der Waals surface area contributed by atoms with Crippen molar-refractivity contribution < 1.29 is 24.2 Å². The van der Waals surface area contributed by atoms with Gasteiger partial charge in [-0.05, 0) is 74.2 Å². The van der Waals surface area contributed by atoms with Crippen LogP contribution in [0.1, 0.15) is 42.6 Å². The van der Waals surface area contributed by atoms with E-state index in [2.05, 4.69) is 16.8 Å². The molecule has 2 N–H and O–H groups in total. The minimum atomic E-state index is -0.361. The highest BCUT2D eigenvalue weighted by molar-refractivity contribution is 6.06. The van der Waals surface area contributed by atoms with E-state index < -0.39 is 0 Å². The highest BCUT2D eigenvalue weighted by Gasteiger charge is 2.18. The molecule has 0 aliphatic carbocycles. The number of benzene rings is 2. The lowest BCUT2D eigenvalue weighted by molar-refractivity contribution is -0.109. The highest BCUT2D eigenvalue weighted by Crippen LogP contribution is 2.28. The van der Waals surface area contributed by atoms with E-state index in [0.29, 0.717) is 24.3 Å². The highest BCUT2D eigenvalue weighted by atomic mass is 16.5. The van der Waals surface area contributed by atoms with E-state index in [0.717, 1.165) is 54.4 Å². The Morgan fingerprint density at radius 1 is 1.36 bits per heavy atom. The number of likely N-dealkylation sites (tertiary alicyclic amines) is 1. The Morgan fingerprint density at radius 2 is 2.12 bits per heavy atom. The molecule has 33 heavy (non-hydrogen) atoms. The zero-order valence-electron chi connectivity index (χ0n) is 20.1. The van der Waals surface area contributed by atoms with Crippen LogP contribution in [0.15, 0.2) is 42.5 Å². The molecule has 180 valence electrons. The van der Waals surface area contributed by atoms with Crippen LogP contribution in [-0.2, 0) is 9.53 Å². The molecule has 1 aliphatic rings. The van der Waals surface area contributed by atoms with Gasteiger partial charge < -0.3 is 19.9 Å². The zero-order valence-corrected chi connectivity index (χ0v) is 20.1. The molecular formula is C26H36N2O5. The second kappa shape index (κ2) is 13.0. The molecule has 1 aliphatic heterocycles. The van der Waals surface area contributed by atoms with Crippen molar-refractivity contribution in [3.8, 4) is 5.75 Å². The fraction of sp³-hybridized carbons (Fsp3) is 0.462. The van der Waals surface area contributed by atoms with Gasteiger partial charge in [-0.1, -0.05) is 24.8 Å². The smallest absolute Gasteiger partial charge is 0.339 e. The van der Waals surface area contributed by atoms with E-state index in [1.54, 1.807) is 13.2 Å². The molecule has 2 atom stereocenters. The molecule has 0 aromatic heterocycles. The molecule has 2 aromatic carbocycles. The summed E-state index contributed by atoms with van der Waals surface area (Å²) in [5.74, 6) is 0.284. The minimum absolute atomic E-state index is 0.171. The number of hydrogen-bond acceptors (Lipinski definition) is 6. The summed E-state index contributed by atoms with van der Waals surface area (Å²) in [5.41, 5.74) is 2.42. The maximum atomic E-state index is 12.4. The van der Waals surface area contributed by atoms with E-state index in [1.807, 2.05) is 45.0 Å². The number of aliphatic hydroxyl groups excluding tert-OH is 1. The van der Waals surface area contributed by atoms with Crippen molar-refractivity contribution in [3.63, 3.8) is 0 Å². The third-order valence-corrected chi connectivity index (χ3v) is 5.76. The molecule has 3 rings (SSSR count). The van der Waals surface area contributed by atoms with E-state index >= 15 is 0 Å². The van der Waals surface area contributed by atoms with Crippen molar-refractivity contribution in [2.24, 2.45) is 0 Å². The molecule has 1 saturated heterocycles. The predicted octanol–water partition coefficient (Wildman–Crippen LogP) is 3.47. The van der Waals surface area contributed by atoms with Crippen LogP contribution < -0.4 is 10.1 Å². The summed E-state index contributed by atoms with van der Waals surface area (Å²) in [6.07, 6.45) is 2.19. The van der Waals surface area contributed by atoms with Crippen LogP contribution in [0.4, 0.5) is 0 Å². The number of amides is 1. The second-order valence-corrected chi connectivity index (χ2v) is 8.41. The van der Waals surface area contributed by atoms with Crippen LogP contribution in [0.2, 0.25) is 0 Å². The third kappa shape index (κ3) is 7.87. The number of carbonyl (C=O) groups is 2. The third-order valence-electron chi connectivity index (χ3n) is 5.76. The number of ether oxygens (including phenoxy) is 2. The summed E-state index contributed by atoms with van der Waals surface area (Å²) in [4.78, 5) is 24.5. The normalized spacial score (nSPS) is 16.8. The number of aryl methyl sites for hydroxylation is 1. The Balaban J connectivity index is 0.000000273. The number of nitrogens with zero attached hydrogens (tertiary/aromatic N) is 1. The van der Waals surface area contributed by atoms with Gasteiger partial charge in [-0.3, -0.25) is 9.69 Å². The minimum Gasteiger partial charge on any atom is -0.497 e. The Kier molecular flexibility index (Phi) is 10.4. The van der Waals surface area contributed by atoms with Gasteiger partial charge in [0.1, 0.15) is 11.9 Å². The topological polar surface area (TPSA) is 88.1 Å². The largest absolute Gasteiger partial charge is 0.497 e. The molecule has 2 aromatic rings. The first-order chi connectivity index (χ1) is 15.8. The van der Waals surface area contributed by atoms with Crippen molar-refractivity contribution in [2.45, 2.75) is 45.8 Å². The maximum absolute atomic E-state index is 12.4. The molecule has 1 amide bonds. The van der Waals surface area contributed by atoms with Gasteiger partial charge in [-0.2, -0.15) is 0 Å². The number of hydrogen-bond donors (Lipinski definition) is 2. The molecule has 2 unspecified atom stereocenters. The number of carbonyl (C=O) groups excluding carboxylic acids is 2. The van der Waals surface area contributed by atoms with Crippen molar-refractivity contribution >= 4 is 23.2 Å². The van der Waals surface area contributed by atoms with Gasteiger partial charge in [0.25, 0.3) is 0 Å². The number of methoxy groups -OCH3 is 1. The Bertz CT molecular complexity index is 959. The average molecular weight is 457 g/mol. The number of esters is 1. The quantitative estimate of drug-likeness (QED) is 0.274. The lowest BCUT2D eigenvalue weighted by atomic mass is 10.00. The zero-order chi connectivity index (χ0) is 24.4. The summed E-state index contributed by atoms with van der Waals surface area (Å²) < 4.78 is 10.7. The fourth-order valence-corrected chi connectivity index (χ4v) is 3.64. The first-order valence-electron chi connectivity index (χ1n) is 11.3. The number of piperidine rings is 1. The van der Waals surface area contributed by atoms with Gasteiger partial charge in [-0.25, -0.2) is 4.79 Å². The average Bonchev–Trinajstić information content (AvgIpc) is 2.79. The van der Waals surface area contributed by atoms with Gasteiger partial charge in [0.15, 0.2) is 0 Å². The number of aliphatic hydroxyl groups is 1. The van der Waals surface area contributed by atoms with Crippen LogP contribution in [0.25, 0.3) is 10.8 Å².